The number of rotatable bonds is 3. The lowest BCUT2D eigenvalue weighted by molar-refractivity contribution is -0.927. The molecule has 0 atom stereocenters. The van der Waals surface area contributed by atoms with E-state index in [9.17, 15) is 8.42 Å². The quantitative estimate of drug-likeness (QED) is 0.893. The Morgan fingerprint density at radius 2 is 1.38 bits per heavy atom. The molecular formula is C19H23N2O2S+. The van der Waals surface area contributed by atoms with E-state index < -0.39 is 10.0 Å². The number of sulfonamides is 1. The van der Waals surface area contributed by atoms with Gasteiger partial charge in [0.1, 0.15) is 0 Å². The van der Waals surface area contributed by atoms with Crippen molar-refractivity contribution in [1.29, 1.82) is 0 Å². The molecule has 2 aliphatic rings. The van der Waals surface area contributed by atoms with Crippen LogP contribution >= 0.6 is 0 Å². The molecule has 0 radical (unpaired) electrons. The minimum atomic E-state index is -3.34. The van der Waals surface area contributed by atoms with E-state index in [4.69, 9.17) is 0 Å². The predicted molar refractivity (Wildman–Crippen MR) is 93.5 cm³/mol. The van der Waals surface area contributed by atoms with Gasteiger partial charge >= 0.3 is 0 Å². The molecule has 126 valence electrons. The van der Waals surface area contributed by atoms with Crippen molar-refractivity contribution in [1.82, 2.24) is 4.31 Å². The second kappa shape index (κ2) is 6.31. The predicted octanol–water partition coefficient (Wildman–Crippen LogP) is 0.743. The van der Waals surface area contributed by atoms with Crippen LogP contribution in [0.4, 0.5) is 0 Å². The summed E-state index contributed by atoms with van der Waals surface area (Å²) < 4.78 is 27.1. The third-order valence-electron chi connectivity index (χ3n) is 5.37. The number of piperazine rings is 1. The van der Waals surface area contributed by atoms with Gasteiger partial charge in [-0.25, -0.2) is 8.42 Å². The summed E-state index contributed by atoms with van der Waals surface area (Å²) in [5.41, 5.74) is 2.93. The fourth-order valence-electron chi connectivity index (χ4n) is 4.01. The summed E-state index contributed by atoms with van der Waals surface area (Å²) in [7, 11) is -3.34. The largest absolute Gasteiger partial charge is 0.330 e. The van der Waals surface area contributed by atoms with Gasteiger partial charge in [0.05, 0.1) is 37.1 Å². The van der Waals surface area contributed by atoms with Gasteiger partial charge in [-0.05, 0) is 23.3 Å². The molecule has 4 rings (SSSR count). The number of nitrogens with one attached hydrogen (secondary N) is 1. The Morgan fingerprint density at radius 3 is 1.96 bits per heavy atom. The van der Waals surface area contributed by atoms with Crippen molar-refractivity contribution in [3.05, 3.63) is 65.7 Å². The van der Waals surface area contributed by atoms with Crippen molar-refractivity contribution >= 4 is 10.0 Å². The SMILES string of the molecule is O=S(=O)(c1ccccc1)N1CC[NH+](C2Cc3ccccc3C2)CC1. The van der Waals surface area contributed by atoms with Crippen LogP contribution in [-0.4, -0.2) is 44.9 Å². The monoisotopic (exact) mass is 343 g/mol. The Labute approximate surface area is 143 Å². The second-order valence-electron chi connectivity index (χ2n) is 6.75. The van der Waals surface area contributed by atoms with E-state index in [1.165, 1.54) is 11.1 Å². The topological polar surface area (TPSA) is 41.8 Å². The molecule has 0 spiro atoms. The van der Waals surface area contributed by atoms with Crippen LogP contribution in [0.5, 0.6) is 0 Å². The molecule has 4 nitrogen and oxygen atoms in total. The number of fused-ring (bicyclic) bond motifs is 1. The molecule has 0 amide bonds. The zero-order valence-electron chi connectivity index (χ0n) is 13.7. The van der Waals surface area contributed by atoms with E-state index in [2.05, 4.69) is 24.3 Å². The van der Waals surface area contributed by atoms with Crippen molar-refractivity contribution in [2.75, 3.05) is 26.2 Å². The van der Waals surface area contributed by atoms with Gasteiger partial charge in [0.15, 0.2) is 0 Å². The summed E-state index contributed by atoms with van der Waals surface area (Å²) in [5.74, 6) is 0. The van der Waals surface area contributed by atoms with Gasteiger partial charge in [0, 0.05) is 12.8 Å². The molecule has 1 heterocycles. The van der Waals surface area contributed by atoms with Crippen LogP contribution in [0, 0.1) is 0 Å². The fourth-order valence-corrected chi connectivity index (χ4v) is 5.47. The molecule has 24 heavy (non-hydrogen) atoms. The Bertz CT molecular complexity index is 787. The number of hydrogen-bond acceptors (Lipinski definition) is 2. The maximum absolute atomic E-state index is 12.7. The lowest BCUT2D eigenvalue weighted by atomic mass is 10.1. The van der Waals surface area contributed by atoms with Gasteiger partial charge in [0.25, 0.3) is 0 Å². The molecule has 0 unspecified atom stereocenters. The van der Waals surface area contributed by atoms with E-state index in [1.54, 1.807) is 33.5 Å². The Hall–Kier alpha value is -1.69. The Balaban J connectivity index is 1.41. The van der Waals surface area contributed by atoms with Crippen LogP contribution in [0.1, 0.15) is 11.1 Å². The molecule has 1 fully saturated rings. The molecule has 0 aromatic heterocycles. The van der Waals surface area contributed by atoms with Crippen LogP contribution in [0.25, 0.3) is 0 Å². The summed E-state index contributed by atoms with van der Waals surface area (Å²) in [4.78, 5) is 1.95. The molecule has 2 aromatic rings. The molecule has 1 aliphatic heterocycles. The fraction of sp³-hybridized carbons (Fsp3) is 0.368. The lowest BCUT2D eigenvalue weighted by Gasteiger charge is -2.34. The van der Waals surface area contributed by atoms with E-state index in [0.717, 1.165) is 25.9 Å². The molecule has 1 saturated heterocycles. The van der Waals surface area contributed by atoms with Gasteiger partial charge in [-0.1, -0.05) is 42.5 Å². The summed E-state index contributed by atoms with van der Waals surface area (Å²) >= 11 is 0. The summed E-state index contributed by atoms with van der Waals surface area (Å²) in [5, 5.41) is 0. The first kappa shape index (κ1) is 15.8. The standard InChI is InChI=1S/C19H22N2O2S/c22-24(23,19-8-2-1-3-9-19)21-12-10-20(11-13-21)18-14-16-6-4-5-7-17(16)15-18/h1-9,18H,10-15H2/p+1. The maximum Gasteiger partial charge on any atom is 0.243 e. The van der Waals surface area contributed by atoms with Gasteiger partial charge in [0.2, 0.25) is 10.0 Å². The zero-order chi connectivity index (χ0) is 16.6. The minimum Gasteiger partial charge on any atom is -0.330 e. The van der Waals surface area contributed by atoms with E-state index in [1.807, 2.05) is 6.07 Å². The number of benzene rings is 2. The molecule has 1 N–H and O–H groups in total. The van der Waals surface area contributed by atoms with Crippen LogP contribution in [0.15, 0.2) is 59.5 Å². The molecule has 2 aromatic carbocycles. The highest BCUT2D eigenvalue weighted by Crippen LogP contribution is 2.21. The van der Waals surface area contributed by atoms with Crippen LogP contribution in [0.3, 0.4) is 0 Å². The molecule has 1 aliphatic carbocycles. The van der Waals surface area contributed by atoms with Crippen LogP contribution in [0.2, 0.25) is 0 Å². The molecular weight excluding hydrogens is 320 g/mol. The van der Waals surface area contributed by atoms with Gasteiger partial charge < -0.3 is 4.90 Å². The lowest BCUT2D eigenvalue weighted by Crippen LogP contribution is -3.18. The molecule has 0 saturated carbocycles. The van der Waals surface area contributed by atoms with Gasteiger partial charge in [-0.2, -0.15) is 4.31 Å². The third-order valence-corrected chi connectivity index (χ3v) is 7.29. The van der Waals surface area contributed by atoms with Crippen molar-refractivity contribution < 1.29 is 13.3 Å². The Morgan fingerprint density at radius 1 is 0.833 bits per heavy atom. The first-order valence-corrected chi connectivity index (χ1v) is 10.0. The molecule has 5 heteroatoms. The normalized spacial score (nSPS) is 20.2. The summed E-state index contributed by atoms with van der Waals surface area (Å²) in [6.45, 7) is 3.01. The zero-order valence-corrected chi connectivity index (χ0v) is 14.5. The van der Waals surface area contributed by atoms with Crippen LogP contribution < -0.4 is 4.90 Å². The highest BCUT2D eigenvalue weighted by Gasteiger charge is 2.35. The number of quaternary nitrogens is 1. The summed E-state index contributed by atoms with van der Waals surface area (Å²) in [6, 6.07) is 18.1. The Kier molecular flexibility index (Phi) is 4.16. The molecule has 0 bridgehead atoms. The first-order valence-electron chi connectivity index (χ1n) is 8.61. The average Bonchev–Trinajstić information content (AvgIpc) is 3.07. The highest BCUT2D eigenvalue weighted by molar-refractivity contribution is 7.89. The van der Waals surface area contributed by atoms with E-state index in [0.29, 0.717) is 24.0 Å². The minimum absolute atomic E-state index is 0.404. The third kappa shape index (κ3) is 2.88. The van der Waals surface area contributed by atoms with Gasteiger partial charge in [-0.3, -0.25) is 0 Å². The summed E-state index contributed by atoms with van der Waals surface area (Å²) in [6.07, 6.45) is 2.24. The van der Waals surface area contributed by atoms with Crippen molar-refractivity contribution in [2.24, 2.45) is 0 Å². The average molecular weight is 343 g/mol. The number of hydrogen-bond donors (Lipinski definition) is 1. The van der Waals surface area contributed by atoms with Crippen molar-refractivity contribution in [3.63, 3.8) is 0 Å². The smallest absolute Gasteiger partial charge is 0.243 e. The van der Waals surface area contributed by atoms with Crippen molar-refractivity contribution in [2.45, 2.75) is 23.8 Å². The first-order chi connectivity index (χ1) is 11.6. The highest BCUT2D eigenvalue weighted by atomic mass is 32.2. The van der Waals surface area contributed by atoms with Crippen molar-refractivity contribution in [3.8, 4) is 0 Å². The second-order valence-corrected chi connectivity index (χ2v) is 8.69. The van der Waals surface area contributed by atoms with Crippen LogP contribution in [-0.2, 0) is 22.9 Å². The van der Waals surface area contributed by atoms with Gasteiger partial charge in [-0.15, -0.1) is 0 Å². The van der Waals surface area contributed by atoms with E-state index >= 15 is 0 Å². The maximum atomic E-state index is 12.7. The number of nitrogens with zero attached hydrogens (tertiary/aromatic N) is 1. The van der Waals surface area contributed by atoms with E-state index in [-0.39, 0.29) is 0 Å².